The highest BCUT2D eigenvalue weighted by atomic mass is 32.2. The Kier molecular flexibility index (Phi) is 20.3. The first-order valence-electron chi connectivity index (χ1n) is 12.7. The third kappa shape index (κ3) is 17.9. The van der Waals surface area contributed by atoms with Gasteiger partial charge in [-0.3, -0.25) is 28.9 Å². The largest absolute Gasteiger partial charge is 0.377 e. The molecule has 15 heteroatoms. The van der Waals surface area contributed by atoms with Crippen LogP contribution in [0, 0.1) is 0 Å². The van der Waals surface area contributed by atoms with Crippen LogP contribution in [0.2, 0.25) is 0 Å². The van der Waals surface area contributed by atoms with Crippen molar-refractivity contribution in [2.45, 2.75) is 18.6 Å². The molecule has 0 spiro atoms. The number of Topliss-reactive ketones (excluding diaryl/α,β-unsaturated/α-hetero) is 1. The second-order valence-electron chi connectivity index (χ2n) is 8.21. The van der Waals surface area contributed by atoms with Crippen LogP contribution in [-0.4, -0.2) is 145 Å². The van der Waals surface area contributed by atoms with E-state index >= 15 is 0 Å². The smallest absolute Gasteiger partial charge is 0.246 e. The number of hydrogen-bond donors (Lipinski definition) is 2. The molecule has 1 aliphatic rings. The van der Waals surface area contributed by atoms with Gasteiger partial charge in [-0.2, -0.15) is 11.8 Å². The van der Waals surface area contributed by atoms with Crippen LogP contribution in [0.15, 0.2) is 0 Å². The zero-order chi connectivity index (χ0) is 28.7. The lowest BCUT2D eigenvalue weighted by atomic mass is 10.4. The Morgan fingerprint density at radius 3 is 1.74 bits per heavy atom. The summed E-state index contributed by atoms with van der Waals surface area (Å²) in [5, 5.41) is 4.98. The van der Waals surface area contributed by atoms with Crippen molar-refractivity contribution in [3.05, 3.63) is 0 Å². The number of rotatable bonds is 25. The van der Waals surface area contributed by atoms with Gasteiger partial charge in [0.1, 0.15) is 19.8 Å². The minimum atomic E-state index is -0.318. The molecule has 0 radical (unpaired) electrons. The maximum Gasteiger partial charge on any atom is 0.246 e. The zero-order valence-electron chi connectivity index (χ0n) is 22.7. The minimum Gasteiger partial charge on any atom is -0.377 e. The first-order chi connectivity index (χ1) is 18.8. The summed E-state index contributed by atoms with van der Waals surface area (Å²) in [5.74, 6) is -1.04. The van der Waals surface area contributed by atoms with Gasteiger partial charge in [-0.05, 0) is 13.2 Å². The molecule has 0 aromatic rings. The third-order valence-electron chi connectivity index (χ3n) is 4.97. The van der Waals surface area contributed by atoms with Crippen molar-refractivity contribution in [3.63, 3.8) is 0 Å². The number of nitrogens with zero attached hydrogens (tertiary/aromatic N) is 1. The zero-order valence-corrected chi connectivity index (χ0v) is 23.6. The molecule has 14 nitrogen and oxygen atoms in total. The molecule has 224 valence electrons. The summed E-state index contributed by atoms with van der Waals surface area (Å²) >= 11 is 1.38. The lowest BCUT2D eigenvalue weighted by Crippen LogP contribution is -2.34. The van der Waals surface area contributed by atoms with Crippen LogP contribution >= 0.6 is 11.8 Å². The quantitative estimate of drug-likeness (QED) is 0.0940. The van der Waals surface area contributed by atoms with Gasteiger partial charge in [-0.25, -0.2) is 0 Å². The summed E-state index contributed by atoms with van der Waals surface area (Å²) in [7, 11) is 0. The van der Waals surface area contributed by atoms with E-state index in [0.717, 1.165) is 0 Å². The highest BCUT2D eigenvalue weighted by molar-refractivity contribution is 8.00. The van der Waals surface area contributed by atoms with Crippen LogP contribution in [0.4, 0.5) is 0 Å². The van der Waals surface area contributed by atoms with Crippen LogP contribution in [0.25, 0.3) is 0 Å². The standard InChI is InChI=1S/C24H41N3O11S/c1-19(28)16-38-18-22(30)26-4-7-34-10-9-33-6-3-25-21(29)17-37-14-13-36-12-11-35-8-5-27-23(31)15-20(39-2)24(27)32/h20H,3-18H2,1-2H3,(H,25,29)(H,26,30). The molecule has 1 aliphatic heterocycles. The fourth-order valence-corrected chi connectivity index (χ4v) is 3.71. The van der Waals surface area contributed by atoms with Gasteiger partial charge in [-0.15, -0.1) is 0 Å². The normalized spacial score (nSPS) is 15.1. The highest BCUT2D eigenvalue weighted by Gasteiger charge is 2.37. The number of amides is 4. The molecule has 0 aromatic heterocycles. The third-order valence-corrected chi connectivity index (χ3v) is 5.91. The Hall–Kier alpha value is -2.14. The number of carbonyl (C=O) groups is 5. The lowest BCUT2D eigenvalue weighted by Gasteiger charge is -2.14. The predicted octanol–water partition coefficient (Wildman–Crippen LogP) is -1.60. The van der Waals surface area contributed by atoms with Crippen LogP contribution in [0.5, 0.6) is 0 Å². The molecule has 0 saturated carbocycles. The fraction of sp³-hybridized carbons (Fsp3) is 0.792. The number of likely N-dealkylation sites (tertiary alicyclic amines) is 1. The van der Waals surface area contributed by atoms with E-state index in [1.54, 1.807) is 0 Å². The molecule has 0 bridgehead atoms. The summed E-state index contributed by atoms with van der Waals surface area (Å²) in [5.41, 5.74) is 0. The van der Waals surface area contributed by atoms with Crippen molar-refractivity contribution >= 4 is 41.2 Å². The van der Waals surface area contributed by atoms with E-state index in [9.17, 15) is 24.0 Å². The van der Waals surface area contributed by atoms with Gasteiger partial charge in [-0.1, -0.05) is 0 Å². The summed E-state index contributed by atoms with van der Waals surface area (Å²) in [4.78, 5) is 58.9. The van der Waals surface area contributed by atoms with Crippen LogP contribution in [-0.2, 0) is 52.4 Å². The van der Waals surface area contributed by atoms with Gasteiger partial charge in [0.15, 0.2) is 5.78 Å². The first kappa shape index (κ1) is 34.9. The maximum atomic E-state index is 12.0. The van der Waals surface area contributed by atoms with E-state index in [0.29, 0.717) is 59.3 Å². The summed E-state index contributed by atoms with van der Waals surface area (Å²) < 4.78 is 31.6. The van der Waals surface area contributed by atoms with Gasteiger partial charge in [0.25, 0.3) is 0 Å². The molecule has 39 heavy (non-hydrogen) atoms. The fourth-order valence-electron chi connectivity index (χ4n) is 3.07. The van der Waals surface area contributed by atoms with Crippen molar-refractivity contribution in [2.24, 2.45) is 0 Å². The van der Waals surface area contributed by atoms with Crippen LogP contribution in [0.1, 0.15) is 13.3 Å². The Morgan fingerprint density at radius 2 is 1.23 bits per heavy atom. The molecule has 1 atom stereocenters. The van der Waals surface area contributed by atoms with E-state index in [2.05, 4.69) is 10.6 Å². The first-order valence-corrected chi connectivity index (χ1v) is 14.0. The molecule has 1 saturated heterocycles. The molecule has 1 rings (SSSR count). The summed E-state index contributed by atoms with van der Waals surface area (Å²) in [6, 6.07) is 0. The molecule has 0 aromatic carbocycles. The Labute approximate surface area is 233 Å². The van der Waals surface area contributed by atoms with Crippen molar-refractivity contribution in [3.8, 4) is 0 Å². The number of ether oxygens (including phenoxy) is 6. The Bertz CT molecular complexity index is 757. The van der Waals surface area contributed by atoms with Crippen molar-refractivity contribution in [2.75, 3.05) is 105 Å². The van der Waals surface area contributed by atoms with E-state index in [4.69, 9.17) is 28.4 Å². The second kappa shape index (κ2) is 22.7. The average Bonchev–Trinajstić information content (AvgIpc) is 3.18. The van der Waals surface area contributed by atoms with Crippen molar-refractivity contribution in [1.29, 1.82) is 0 Å². The Morgan fingerprint density at radius 1 is 0.744 bits per heavy atom. The topological polar surface area (TPSA) is 168 Å². The van der Waals surface area contributed by atoms with Gasteiger partial charge in [0, 0.05) is 19.5 Å². The van der Waals surface area contributed by atoms with Gasteiger partial charge < -0.3 is 39.1 Å². The summed E-state index contributed by atoms with van der Waals surface area (Å²) in [6.45, 7) is 4.72. The average molecular weight is 580 g/mol. The molecule has 1 fully saturated rings. The molecular weight excluding hydrogens is 538 g/mol. The molecule has 1 unspecified atom stereocenters. The summed E-state index contributed by atoms with van der Waals surface area (Å²) in [6.07, 6.45) is 2.06. The van der Waals surface area contributed by atoms with Crippen molar-refractivity contribution in [1.82, 2.24) is 15.5 Å². The van der Waals surface area contributed by atoms with E-state index in [1.807, 2.05) is 6.26 Å². The number of ketones is 1. The second-order valence-corrected chi connectivity index (χ2v) is 9.25. The molecule has 0 aliphatic carbocycles. The SMILES string of the molecule is CSC1CC(=O)N(CCOCCOCCOCC(=O)NCCOCCOCCNC(=O)COCC(C)=O)C1=O. The predicted molar refractivity (Wildman–Crippen MR) is 140 cm³/mol. The number of thioether (sulfide) groups is 1. The van der Waals surface area contributed by atoms with Gasteiger partial charge in [0.05, 0.1) is 71.3 Å². The van der Waals surface area contributed by atoms with E-state index in [1.165, 1.54) is 23.6 Å². The minimum absolute atomic E-state index is 0.0855. The molecule has 4 amide bonds. The van der Waals surface area contributed by atoms with Crippen LogP contribution < -0.4 is 10.6 Å². The highest BCUT2D eigenvalue weighted by Crippen LogP contribution is 2.22. The number of carbonyl (C=O) groups excluding carboxylic acids is 5. The van der Waals surface area contributed by atoms with E-state index in [-0.39, 0.29) is 80.7 Å². The molecule has 1 heterocycles. The Balaban J connectivity index is 1.80. The van der Waals surface area contributed by atoms with E-state index < -0.39 is 0 Å². The van der Waals surface area contributed by atoms with Crippen molar-refractivity contribution < 1.29 is 52.4 Å². The number of hydrogen-bond acceptors (Lipinski definition) is 12. The maximum absolute atomic E-state index is 12.0. The lowest BCUT2D eigenvalue weighted by molar-refractivity contribution is -0.139. The number of nitrogens with one attached hydrogen (secondary N) is 2. The van der Waals surface area contributed by atoms with Gasteiger partial charge in [0.2, 0.25) is 23.6 Å². The van der Waals surface area contributed by atoms with Gasteiger partial charge >= 0.3 is 0 Å². The monoisotopic (exact) mass is 579 g/mol. The molecular formula is C24H41N3O11S. The van der Waals surface area contributed by atoms with Crippen LogP contribution in [0.3, 0.4) is 0 Å². The molecule has 2 N–H and O–H groups in total. The number of imide groups is 1.